The lowest BCUT2D eigenvalue weighted by molar-refractivity contribution is 0.0601. The van der Waals surface area contributed by atoms with Gasteiger partial charge in [0.05, 0.1) is 18.4 Å². The van der Waals surface area contributed by atoms with Crippen molar-refractivity contribution in [3.8, 4) is 0 Å². The number of anilines is 1. The van der Waals surface area contributed by atoms with Crippen molar-refractivity contribution in [1.82, 2.24) is 0 Å². The van der Waals surface area contributed by atoms with E-state index >= 15 is 0 Å². The second-order valence-corrected chi connectivity index (χ2v) is 5.37. The van der Waals surface area contributed by atoms with Gasteiger partial charge in [-0.1, -0.05) is 12.1 Å². The largest absolute Gasteiger partial charge is 0.465 e. The fourth-order valence-corrected chi connectivity index (χ4v) is 2.68. The van der Waals surface area contributed by atoms with E-state index in [0.29, 0.717) is 0 Å². The molecule has 6 nitrogen and oxygen atoms in total. The highest BCUT2D eigenvalue weighted by atomic mass is 32.2. The Balaban J connectivity index is 3.43. The SMILES string of the molecule is COC(=O)c1ccccc1N(C(C)C)S(N)(=O)=O. The lowest BCUT2D eigenvalue weighted by atomic mass is 10.1. The van der Waals surface area contributed by atoms with Crippen LogP contribution < -0.4 is 9.44 Å². The van der Waals surface area contributed by atoms with Crippen molar-refractivity contribution in [3.63, 3.8) is 0 Å². The topological polar surface area (TPSA) is 89.7 Å². The molecule has 0 heterocycles. The summed E-state index contributed by atoms with van der Waals surface area (Å²) in [5.41, 5.74) is 0.365. The summed E-state index contributed by atoms with van der Waals surface area (Å²) in [5.74, 6) is -0.611. The van der Waals surface area contributed by atoms with Gasteiger partial charge in [0.1, 0.15) is 0 Å². The molecule has 0 fully saturated rings. The number of esters is 1. The quantitative estimate of drug-likeness (QED) is 0.824. The molecule has 1 aromatic rings. The van der Waals surface area contributed by atoms with Gasteiger partial charge >= 0.3 is 5.97 Å². The predicted octanol–water partition coefficient (Wildman–Crippen LogP) is 0.891. The molecule has 1 aromatic carbocycles. The first-order chi connectivity index (χ1) is 8.29. The zero-order valence-corrected chi connectivity index (χ0v) is 11.3. The van der Waals surface area contributed by atoms with Crippen LogP contribution in [0.4, 0.5) is 5.69 Å². The van der Waals surface area contributed by atoms with Crippen LogP contribution in [0.15, 0.2) is 24.3 Å². The fourth-order valence-electron chi connectivity index (χ4n) is 1.66. The van der Waals surface area contributed by atoms with Gasteiger partial charge < -0.3 is 4.74 Å². The van der Waals surface area contributed by atoms with Gasteiger partial charge in [0.25, 0.3) is 10.2 Å². The van der Waals surface area contributed by atoms with Crippen LogP contribution in [-0.4, -0.2) is 27.5 Å². The Morgan fingerprint density at radius 1 is 1.33 bits per heavy atom. The maximum Gasteiger partial charge on any atom is 0.340 e. The number of nitrogens with zero attached hydrogens (tertiary/aromatic N) is 1. The molecule has 2 N–H and O–H groups in total. The number of hydrogen-bond donors (Lipinski definition) is 1. The molecule has 0 saturated heterocycles. The first-order valence-corrected chi connectivity index (χ1v) is 6.79. The average Bonchev–Trinajstić information content (AvgIpc) is 2.26. The van der Waals surface area contributed by atoms with Crippen molar-refractivity contribution >= 4 is 21.9 Å². The van der Waals surface area contributed by atoms with Crippen molar-refractivity contribution in [3.05, 3.63) is 29.8 Å². The third kappa shape index (κ3) is 2.99. The molecule has 1 rings (SSSR count). The van der Waals surface area contributed by atoms with Crippen LogP contribution in [0.1, 0.15) is 24.2 Å². The summed E-state index contributed by atoms with van der Waals surface area (Å²) in [6, 6.07) is 5.84. The zero-order chi connectivity index (χ0) is 13.9. The van der Waals surface area contributed by atoms with E-state index in [1.54, 1.807) is 26.0 Å². The lowest BCUT2D eigenvalue weighted by Gasteiger charge is -2.27. The number of methoxy groups -OCH3 is 1. The van der Waals surface area contributed by atoms with Gasteiger partial charge in [-0.05, 0) is 26.0 Å². The Hall–Kier alpha value is -1.60. The first-order valence-electron chi connectivity index (χ1n) is 5.28. The predicted molar refractivity (Wildman–Crippen MR) is 68.5 cm³/mol. The van der Waals surface area contributed by atoms with Crippen LogP contribution in [0, 0.1) is 0 Å². The molecule has 0 aromatic heterocycles. The minimum Gasteiger partial charge on any atom is -0.465 e. The Morgan fingerprint density at radius 3 is 2.33 bits per heavy atom. The zero-order valence-electron chi connectivity index (χ0n) is 10.5. The highest BCUT2D eigenvalue weighted by molar-refractivity contribution is 7.90. The number of rotatable bonds is 4. The molecular weight excluding hydrogens is 256 g/mol. The maximum absolute atomic E-state index is 11.6. The maximum atomic E-state index is 11.6. The molecule has 0 atom stereocenters. The van der Waals surface area contributed by atoms with E-state index < -0.39 is 22.2 Å². The van der Waals surface area contributed by atoms with E-state index in [4.69, 9.17) is 5.14 Å². The highest BCUT2D eigenvalue weighted by Crippen LogP contribution is 2.24. The normalized spacial score (nSPS) is 11.4. The highest BCUT2D eigenvalue weighted by Gasteiger charge is 2.26. The molecule has 0 amide bonds. The van der Waals surface area contributed by atoms with E-state index in [-0.39, 0.29) is 11.3 Å². The van der Waals surface area contributed by atoms with Gasteiger partial charge in [0.15, 0.2) is 0 Å². The standard InChI is InChI=1S/C11H16N2O4S/c1-8(2)13(18(12,15)16)10-7-5-4-6-9(10)11(14)17-3/h4-8H,1-3H3,(H2,12,15,16). The smallest absolute Gasteiger partial charge is 0.340 e. The molecule has 0 aliphatic carbocycles. The average molecular weight is 272 g/mol. The van der Waals surface area contributed by atoms with Crippen molar-refractivity contribution in [2.45, 2.75) is 19.9 Å². The van der Waals surface area contributed by atoms with Gasteiger partial charge in [-0.25, -0.2) is 9.93 Å². The van der Waals surface area contributed by atoms with E-state index in [0.717, 1.165) is 4.31 Å². The van der Waals surface area contributed by atoms with Gasteiger partial charge in [0.2, 0.25) is 0 Å². The molecule has 0 unspecified atom stereocenters. The van der Waals surface area contributed by atoms with Gasteiger partial charge in [-0.2, -0.15) is 8.42 Å². The van der Waals surface area contributed by atoms with Crippen LogP contribution in [0.5, 0.6) is 0 Å². The van der Waals surface area contributed by atoms with Crippen LogP contribution in [0.25, 0.3) is 0 Å². The van der Waals surface area contributed by atoms with Crippen LogP contribution in [-0.2, 0) is 14.9 Å². The Bertz CT molecular complexity index is 540. The monoisotopic (exact) mass is 272 g/mol. The molecule has 0 radical (unpaired) electrons. The van der Waals surface area contributed by atoms with Crippen molar-refractivity contribution in [1.29, 1.82) is 0 Å². The Labute approximate surface area is 107 Å². The van der Waals surface area contributed by atoms with Crippen LogP contribution >= 0.6 is 0 Å². The third-order valence-electron chi connectivity index (χ3n) is 2.29. The number of hydrogen-bond acceptors (Lipinski definition) is 4. The van der Waals surface area contributed by atoms with E-state index in [1.165, 1.54) is 19.2 Å². The summed E-state index contributed by atoms with van der Waals surface area (Å²) >= 11 is 0. The summed E-state index contributed by atoms with van der Waals surface area (Å²) in [4.78, 5) is 11.6. The van der Waals surface area contributed by atoms with E-state index in [2.05, 4.69) is 4.74 Å². The molecule has 100 valence electrons. The van der Waals surface area contributed by atoms with Crippen molar-refractivity contribution in [2.24, 2.45) is 5.14 Å². The Morgan fingerprint density at radius 2 is 1.89 bits per heavy atom. The molecule has 0 spiro atoms. The molecule has 7 heteroatoms. The summed E-state index contributed by atoms with van der Waals surface area (Å²) < 4.78 is 28.8. The summed E-state index contributed by atoms with van der Waals surface area (Å²) in [5, 5.41) is 5.17. The minimum atomic E-state index is -3.96. The molecule has 0 aliphatic rings. The number of carbonyl (C=O) groups excluding carboxylic acids is 1. The van der Waals surface area contributed by atoms with Gasteiger partial charge in [0, 0.05) is 6.04 Å². The molecule has 0 bridgehead atoms. The van der Waals surface area contributed by atoms with Crippen molar-refractivity contribution in [2.75, 3.05) is 11.4 Å². The minimum absolute atomic E-state index is 0.155. The lowest BCUT2D eigenvalue weighted by Crippen LogP contribution is -2.42. The van der Waals surface area contributed by atoms with E-state index in [9.17, 15) is 13.2 Å². The third-order valence-corrected chi connectivity index (χ3v) is 3.46. The van der Waals surface area contributed by atoms with Gasteiger partial charge in [-0.15, -0.1) is 0 Å². The summed E-state index contributed by atoms with van der Waals surface area (Å²) in [6.07, 6.45) is 0. The van der Waals surface area contributed by atoms with Gasteiger partial charge in [-0.3, -0.25) is 4.31 Å². The summed E-state index contributed by atoms with van der Waals surface area (Å²) in [6.45, 7) is 3.33. The summed E-state index contributed by atoms with van der Waals surface area (Å²) in [7, 11) is -2.72. The second kappa shape index (κ2) is 5.36. The second-order valence-electron chi connectivity index (χ2n) is 3.94. The number of benzene rings is 1. The first kappa shape index (κ1) is 14.5. The van der Waals surface area contributed by atoms with Crippen LogP contribution in [0.2, 0.25) is 0 Å². The molecular formula is C11H16N2O4S. The van der Waals surface area contributed by atoms with Crippen LogP contribution in [0.3, 0.4) is 0 Å². The van der Waals surface area contributed by atoms with E-state index in [1.807, 2.05) is 0 Å². The Kier molecular flexibility index (Phi) is 4.31. The number of carbonyl (C=O) groups is 1. The van der Waals surface area contributed by atoms with Crippen molar-refractivity contribution < 1.29 is 17.9 Å². The number of para-hydroxylation sites is 1. The molecule has 0 saturated carbocycles. The molecule has 0 aliphatic heterocycles. The number of nitrogens with two attached hydrogens (primary N) is 1. The number of ether oxygens (including phenoxy) is 1. The molecule has 18 heavy (non-hydrogen) atoms. The fraction of sp³-hybridized carbons (Fsp3) is 0.364.